The van der Waals surface area contributed by atoms with Crippen molar-refractivity contribution < 1.29 is 14.7 Å². The van der Waals surface area contributed by atoms with Gasteiger partial charge in [0.1, 0.15) is 4.88 Å². The van der Waals surface area contributed by atoms with E-state index in [0.29, 0.717) is 11.3 Å². The minimum absolute atomic E-state index is 0.141. The Morgan fingerprint density at radius 1 is 1.29 bits per heavy atom. The van der Waals surface area contributed by atoms with Crippen LogP contribution in [0, 0.1) is 6.92 Å². The lowest BCUT2D eigenvalue weighted by molar-refractivity contribution is 0.0703. The number of carboxylic acids is 1. The number of rotatable bonds is 3. The Balaban J connectivity index is 1.99. The number of carboxylic acid groups (broad SMARTS) is 1. The fourth-order valence-electron chi connectivity index (χ4n) is 2.22. The van der Waals surface area contributed by atoms with Crippen LogP contribution in [0.5, 0.6) is 0 Å². The maximum absolute atomic E-state index is 12.4. The summed E-state index contributed by atoms with van der Waals surface area (Å²) in [5, 5.41) is 14.4. The number of H-pyrrole nitrogens is 1. The summed E-state index contributed by atoms with van der Waals surface area (Å²) in [6.07, 6.45) is 1.76. The summed E-state index contributed by atoms with van der Waals surface area (Å²) in [6, 6.07) is 7.20. The first-order valence-corrected chi connectivity index (χ1v) is 7.14. The Morgan fingerprint density at radius 2 is 2.10 bits per heavy atom. The first-order chi connectivity index (χ1) is 10.1. The van der Waals surface area contributed by atoms with Crippen LogP contribution in [0.1, 0.15) is 25.6 Å². The van der Waals surface area contributed by atoms with Gasteiger partial charge in [-0.3, -0.25) is 4.79 Å². The van der Waals surface area contributed by atoms with Crippen molar-refractivity contribution in [3.8, 4) is 0 Å². The van der Waals surface area contributed by atoms with Crippen molar-refractivity contribution in [1.82, 2.24) is 4.98 Å². The Hall–Kier alpha value is -2.60. The predicted octanol–water partition coefficient (Wildman–Crippen LogP) is 3.49. The number of carbonyl (C=O) groups is 2. The van der Waals surface area contributed by atoms with Gasteiger partial charge in [-0.25, -0.2) is 4.79 Å². The largest absolute Gasteiger partial charge is 0.477 e. The van der Waals surface area contributed by atoms with Crippen LogP contribution in [-0.4, -0.2) is 22.0 Å². The lowest BCUT2D eigenvalue weighted by Gasteiger charge is -2.07. The topological polar surface area (TPSA) is 82.2 Å². The van der Waals surface area contributed by atoms with E-state index >= 15 is 0 Å². The molecule has 21 heavy (non-hydrogen) atoms. The van der Waals surface area contributed by atoms with E-state index in [1.54, 1.807) is 30.6 Å². The van der Waals surface area contributed by atoms with Crippen molar-refractivity contribution in [2.75, 3.05) is 5.32 Å². The molecule has 6 heteroatoms. The van der Waals surface area contributed by atoms with Gasteiger partial charge < -0.3 is 15.4 Å². The van der Waals surface area contributed by atoms with Gasteiger partial charge in [-0.1, -0.05) is 6.07 Å². The molecule has 3 aromatic rings. The minimum Gasteiger partial charge on any atom is -0.477 e. The summed E-state index contributed by atoms with van der Waals surface area (Å²) >= 11 is 1.11. The molecule has 3 rings (SSSR count). The number of aromatic nitrogens is 1. The lowest BCUT2D eigenvalue weighted by Crippen LogP contribution is -2.14. The summed E-state index contributed by atoms with van der Waals surface area (Å²) in [7, 11) is 0. The number of aromatic carboxylic acids is 1. The molecule has 0 atom stereocenters. The standard InChI is InChI=1S/C15H12N2O3S/c1-8-7-21-13(15(19)20)12(8)17-14(18)10-3-2-4-11-9(10)5-6-16-11/h2-7,16H,1H3,(H,17,18)(H,19,20). The molecule has 0 spiro atoms. The average molecular weight is 300 g/mol. The molecule has 5 nitrogen and oxygen atoms in total. The summed E-state index contributed by atoms with van der Waals surface area (Å²) < 4.78 is 0. The lowest BCUT2D eigenvalue weighted by atomic mass is 10.1. The van der Waals surface area contributed by atoms with E-state index in [-0.39, 0.29) is 10.8 Å². The third-order valence-corrected chi connectivity index (χ3v) is 4.33. The SMILES string of the molecule is Cc1csc(C(=O)O)c1NC(=O)c1cccc2[nH]ccc12. The van der Waals surface area contributed by atoms with Gasteiger partial charge in [0.2, 0.25) is 0 Å². The fraction of sp³-hybridized carbons (Fsp3) is 0.0667. The molecule has 2 aromatic heterocycles. The van der Waals surface area contributed by atoms with E-state index in [1.807, 2.05) is 12.1 Å². The Labute approximate surface area is 124 Å². The van der Waals surface area contributed by atoms with E-state index in [2.05, 4.69) is 10.3 Å². The maximum atomic E-state index is 12.4. The number of hydrogen-bond acceptors (Lipinski definition) is 3. The zero-order valence-corrected chi connectivity index (χ0v) is 12.0. The van der Waals surface area contributed by atoms with Gasteiger partial charge in [-0.05, 0) is 36.1 Å². The van der Waals surface area contributed by atoms with Crippen LogP contribution in [0.2, 0.25) is 0 Å². The highest BCUT2D eigenvalue weighted by atomic mass is 32.1. The number of anilines is 1. The summed E-state index contributed by atoms with van der Waals surface area (Å²) in [6.45, 7) is 1.77. The third kappa shape index (κ3) is 2.30. The highest BCUT2D eigenvalue weighted by molar-refractivity contribution is 7.12. The van der Waals surface area contributed by atoms with Crippen LogP contribution in [0.25, 0.3) is 10.9 Å². The van der Waals surface area contributed by atoms with Crippen molar-refractivity contribution in [2.24, 2.45) is 0 Å². The number of benzene rings is 1. The van der Waals surface area contributed by atoms with Gasteiger partial charge in [0.05, 0.1) is 5.69 Å². The fourth-order valence-corrected chi connectivity index (χ4v) is 3.06. The van der Waals surface area contributed by atoms with Gasteiger partial charge in [0.15, 0.2) is 0 Å². The van der Waals surface area contributed by atoms with E-state index in [1.165, 1.54) is 0 Å². The molecule has 0 aliphatic heterocycles. The predicted molar refractivity (Wildman–Crippen MR) is 82.3 cm³/mol. The molecule has 0 bridgehead atoms. The first-order valence-electron chi connectivity index (χ1n) is 6.27. The molecule has 0 aliphatic rings. The molecule has 106 valence electrons. The Morgan fingerprint density at radius 3 is 2.86 bits per heavy atom. The van der Waals surface area contributed by atoms with Gasteiger partial charge in [0.25, 0.3) is 5.91 Å². The van der Waals surface area contributed by atoms with E-state index in [4.69, 9.17) is 5.11 Å². The quantitative estimate of drug-likeness (QED) is 0.692. The molecular formula is C15H12N2O3S. The van der Waals surface area contributed by atoms with E-state index in [0.717, 1.165) is 27.8 Å². The zero-order chi connectivity index (χ0) is 15.0. The molecular weight excluding hydrogens is 288 g/mol. The van der Waals surface area contributed by atoms with Crippen molar-refractivity contribution in [1.29, 1.82) is 0 Å². The molecule has 0 fully saturated rings. The summed E-state index contributed by atoms with van der Waals surface area (Å²) in [5.41, 5.74) is 2.48. The Kier molecular flexibility index (Phi) is 3.23. The van der Waals surface area contributed by atoms with Crippen molar-refractivity contribution in [3.05, 3.63) is 51.8 Å². The van der Waals surface area contributed by atoms with Gasteiger partial charge in [-0.2, -0.15) is 0 Å². The molecule has 0 aliphatic carbocycles. The molecule has 0 saturated carbocycles. The molecule has 1 amide bonds. The smallest absolute Gasteiger partial charge is 0.348 e. The van der Waals surface area contributed by atoms with Crippen LogP contribution >= 0.6 is 11.3 Å². The summed E-state index contributed by atoms with van der Waals surface area (Å²) in [4.78, 5) is 26.8. The molecule has 0 unspecified atom stereocenters. The maximum Gasteiger partial charge on any atom is 0.348 e. The van der Waals surface area contributed by atoms with Crippen LogP contribution in [0.4, 0.5) is 5.69 Å². The number of aromatic amines is 1. The minimum atomic E-state index is -1.04. The van der Waals surface area contributed by atoms with Crippen molar-refractivity contribution in [3.63, 3.8) is 0 Å². The second-order valence-electron chi connectivity index (χ2n) is 4.63. The van der Waals surface area contributed by atoms with E-state index in [9.17, 15) is 9.59 Å². The second-order valence-corrected chi connectivity index (χ2v) is 5.51. The highest BCUT2D eigenvalue weighted by Gasteiger charge is 2.19. The van der Waals surface area contributed by atoms with Crippen molar-refractivity contribution >= 4 is 39.8 Å². The number of amides is 1. The zero-order valence-electron chi connectivity index (χ0n) is 11.1. The van der Waals surface area contributed by atoms with Gasteiger partial charge >= 0.3 is 5.97 Å². The van der Waals surface area contributed by atoms with Crippen LogP contribution < -0.4 is 5.32 Å². The van der Waals surface area contributed by atoms with Gasteiger partial charge in [-0.15, -0.1) is 11.3 Å². The number of hydrogen-bond donors (Lipinski definition) is 3. The number of aryl methyl sites for hydroxylation is 1. The highest BCUT2D eigenvalue weighted by Crippen LogP contribution is 2.28. The normalized spacial score (nSPS) is 10.7. The van der Waals surface area contributed by atoms with Crippen LogP contribution in [0.15, 0.2) is 35.8 Å². The third-order valence-electron chi connectivity index (χ3n) is 3.25. The second kappa shape index (κ2) is 5.06. The van der Waals surface area contributed by atoms with Crippen molar-refractivity contribution in [2.45, 2.75) is 6.92 Å². The number of nitrogens with one attached hydrogen (secondary N) is 2. The van der Waals surface area contributed by atoms with E-state index < -0.39 is 5.97 Å². The number of thiophene rings is 1. The number of carbonyl (C=O) groups excluding carboxylic acids is 1. The monoisotopic (exact) mass is 300 g/mol. The molecule has 1 aromatic carbocycles. The summed E-state index contributed by atoms with van der Waals surface area (Å²) in [5.74, 6) is -1.35. The average Bonchev–Trinajstić information content (AvgIpc) is 3.05. The van der Waals surface area contributed by atoms with Crippen LogP contribution in [0.3, 0.4) is 0 Å². The molecule has 0 saturated heterocycles. The molecule has 0 radical (unpaired) electrons. The van der Waals surface area contributed by atoms with Crippen LogP contribution in [-0.2, 0) is 0 Å². The number of fused-ring (bicyclic) bond motifs is 1. The first kappa shape index (κ1) is 13.4. The molecule has 3 N–H and O–H groups in total. The Bertz CT molecular complexity index is 848. The molecule has 2 heterocycles. The van der Waals surface area contributed by atoms with Gasteiger partial charge in [0, 0.05) is 22.7 Å².